The number of aromatic nitrogens is 3. The molecule has 7 nitrogen and oxygen atoms in total. The maximum Gasteiger partial charge on any atom is 0.257 e. The standard InChI is InChI=1S/C22H20N4O3/c1-12-9-13(11-26-21(28)15-5-2-3-6-16(15)22(26)29)20(27)17(10-12)14-7-4-8-18-19(14)24-25-23-18/h4,7-10,27H,2-3,5-6,11H2,1H3,(H,23,24,25). The van der Waals surface area contributed by atoms with Gasteiger partial charge in [0, 0.05) is 27.8 Å². The number of H-pyrrole nitrogens is 1. The second-order valence-corrected chi connectivity index (χ2v) is 7.68. The van der Waals surface area contributed by atoms with E-state index in [9.17, 15) is 14.7 Å². The Hall–Kier alpha value is -3.48. The lowest BCUT2D eigenvalue weighted by Gasteiger charge is -2.18. The van der Waals surface area contributed by atoms with E-state index in [1.54, 1.807) is 0 Å². The summed E-state index contributed by atoms with van der Waals surface area (Å²) in [7, 11) is 0. The van der Waals surface area contributed by atoms with Crippen LogP contribution in [0.5, 0.6) is 5.75 Å². The second-order valence-electron chi connectivity index (χ2n) is 7.68. The third-order valence-electron chi connectivity index (χ3n) is 5.77. The van der Waals surface area contributed by atoms with Crippen molar-refractivity contribution in [3.05, 3.63) is 52.6 Å². The maximum absolute atomic E-state index is 12.8. The monoisotopic (exact) mass is 388 g/mol. The molecular formula is C22H20N4O3. The van der Waals surface area contributed by atoms with Crippen molar-refractivity contribution in [2.24, 2.45) is 0 Å². The van der Waals surface area contributed by atoms with Crippen LogP contribution in [0, 0.1) is 6.92 Å². The van der Waals surface area contributed by atoms with Gasteiger partial charge < -0.3 is 5.11 Å². The van der Waals surface area contributed by atoms with Gasteiger partial charge >= 0.3 is 0 Å². The van der Waals surface area contributed by atoms with Gasteiger partial charge in [-0.15, -0.1) is 0 Å². The number of aromatic amines is 1. The van der Waals surface area contributed by atoms with Crippen LogP contribution in [0.2, 0.25) is 0 Å². The summed E-state index contributed by atoms with van der Waals surface area (Å²) < 4.78 is 0. The molecule has 2 aliphatic rings. The van der Waals surface area contributed by atoms with E-state index in [0.29, 0.717) is 46.1 Å². The van der Waals surface area contributed by atoms with Gasteiger partial charge in [-0.2, -0.15) is 15.4 Å². The van der Waals surface area contributed by atoms with Crippen LogP contribution in [-0.4, -0.2) is 37.2 Å². The molecule has 2 amide bonds. The molecule has 0 spiro atoms. The summed E-state index contributed by atoms with van der Waals surface area (Å²) in [4.78, 5) is 26.8. The Balaban J connectivity index is 1.55. The van der Waals surface area contributed by atoms with Crippen LogP contribution in [0.25, 0.3) is 22.2 Å². The molecule has 2 N–H and O–H groups in total. The van der Waals surface area contributed by atoms with Crippen LogP contribution in [0.15, 0.2) is 41.5 Å². The summed E-state index contributed by atoms with van der Waals surface area (Å²) in [5.41, 5.74) is 5.48. The average Bonchev–Trinajstić information content (AvgIpc) is 3.30. The van der Waals surface area contributed by atoms with Gasteiger partial charge in [0.2, 0.25) is 0 Å². The van der Waals surface area contributed by atoms with Crippen LogP contribution in [0.4, 0.5) is 0 Å². The molecule has 1 aromatic heterocycles. The molecule has 0 saturated carbocycles. The number of carbonyl (C=O) groups excluding carboxylic acids is 2. The first-order valence-corrected chi connectivity index (χ1v) is 9.75. The number of phenolic OH excluding ortho intramolecular Hbond substituents is 1. The number of phenols is 1. The number of hydrogen-bond acceptors (Lipinski definition) is 5. The highest BCUT2D eigenvalue weighted by molar-refractivity contribution is 6.19. The number of rotatable bonds is 3. The van der Waals surface area contributed by atoms with E-state index in [4.69, 9.17) is 0 Å². The number of amides is 2. The molecule has 0 bridgehead atoms. The van der Waals surface area contributed by atoms with Crippen LogP contribution >= 0.6 is 0 Å². The maximum atomic E-state index is 12.8. The fourth-order valence-electron chi connectivity index (χ4n) is 4.37. The van der Waals surface area contributed by atoms with Crippen molar-refractivity contribution >= 4 is 22.8 Å². The van der Waals surface area contributed by atoms with Crippen LogP contribution in [0.1, 0.15) is 36.8 Å². The number of aromatic hydroxyl groups is 1. The number of imide groups is 1. The Kier molecular flexibility index (Phi) is 3.97. The SMILES string of the molecule is Cc1cc(CN2C(=O)C3=C(CCCC3)C2=O)c(O)c(-c2cccc3n[nH]nc23)c1. The predicted molar refractivity (Wildman–Crippen MR) is 107 cm³/mol. The summed E-state index contributed by atoms with van der Waals surface area (Å²) in [6, 6.07) is 9.26. The average molecular weight is 388 g/mol. The van der Waals surface area contributed by atoms with Crippen molar-refractivity contribution in [1.82, 2.24) is 20.3 Å². The summed E-state index contributed by atoms with van der Waals surface area (Å²) in [5.74, 6) is -0.381. The molecule has 2 heterocycles. The zero-order valence-corrected chi connectivity index (χ0v) is 16.0. The minimum Gasteiger partial charge on any atom is -0.507 e. The van der Waals surface area contributed by atoms with Gasteiger partial charge in [-0.05, 0) is 50.3 Å². The molecule has 0 atom stereocenters. The number of nitrogens with zero attached hydrogens (tertiary/aromatic N) is 3. The lowest BCUT2D eigenvalue weighted by molar-refractivity contribution is -0.138. The second kappa shape index (κ2) is 6.55. The highest BCUT2D eigenvalue weighted by Crippen LogP contribution is 2.39. The first-order valence-electron chi connectivity index (χ1n) is 9.75. The first kappa shape index (κ1) is 17.6. The lowest BCUT2D eigenvalue weighted by Crippen LogP contribution is -2.31. The summed E-state index contributed by atoms with van der Waals surface area (Å²) >= 11 is 0. The molecular weight excluding hydrogens is 368 g/mol. The van der Waals surface area contributed by atoms with Crippen molar-refractivity contribution in [1.29, 1.82) is 0 Å². The van der Waals surface area contributed by atoms with Crippen molar-refractivity contribution in [2.45, 2.75) is 39.2 Å². The zero-order valence-electron chi connectivity index (χ0n) is 16.0. The molecule has 0 unspecified atom stereocenters. The molecule has 2 aromatic carbocycles. The molecule has 1 aliphatic carbocycles. The molecule has 0 radical (unpaired) electrons. The third-order valence-corrected chi connectivity index (χ3v) is 5.77. The molecule has 0 saturated heterocycles. The minimum atomic E-state index is -0.217. The first-order chi connectivity index (χ1) is 14.0. The van der Waals surface area contributed by atoms with E-state index in [0.717, 1.165) is 24.0 Å². The molecule has 29 heavy (non-hydrogen) atoms. The number of hydrogen-bond donors (Lipinski definition) is 2. The van der Waals surface area contributed by atoms with Gasteiger partial charge in [-0.25, -0.2) is 0 Å². The van der Waals surface area contributed by atoms with Crippen LogP contribution < -0.4 is 0 Å². The van der Waals surface area contributed by atoms with E-state index in [-0.39, 0.29) is 24.1 Å². The zero-order chi connectivity index (χ0) is 20.1. The predicted octanol–water partition coefficient (Wildman–Crippen LogP) is 3.38. The Morgan fingerprint density at radius 3 is 2.48 bits per heavy atom. The van der Waals surface area contributed by atoms with Gasteiger partial charge in [0.25, 0.3) is 11.8 Å². The molecule has 5 rings (SSSR count). The molecule has 0 fully saturated rings. The summed E-state index contributed by atoms with van der Waals surface area (Å²) in [6.45, 7) is 1.98. The van der Waals surface area contributed by atoms with Crippen LogP contribution in [-0.2, 0) is 16.1 Å². The van der Waals surface area contributed by atoms with Crippen molar-refractivity contribution in [3.63, 3.8) is 0 Å². The van der Waals surface area contributed by atoms with E-state index >= 15 is 0 Å². The normalized spacial score (nSPS) is 16.8. The number of aryl methyl sites for hydroxylation is 1. The minimum absolute atomic E-state index is 0.0524. The van der Waals surface area contributed by atoms with Crippen LogP contribution in [0.3, 0.4) is 0 Å². The number of benzene rings is 2. The fourth-order valence-corrected chi connectivity index (χ4v) is 4.37. The summed E-state index contributed by atoms with van der Waals surface area (Å²) in [5, 5.41) is 21.9. The van der Waals surface area contributed by atoms with Gasteiger partial charge in [0.05, 0.1) is 6.54 Å². The van der Waals surface area contributed by atoms with Crippen molar-refractivity contribution < 1.29 is 14.7 Å². The van der Waals surface area contributed by atoms with Gasteiger partial charge in [-0.3, -0.25) is 14.5 Å². The van der Waals surface area contributed by atoms with E-state index in [1.807, 2.05) is 37.3 Å². The highest BCUT2D eigenvalue weighted by atomic mass is 16.3. The molecule has 3 aromatic rings. The highest BCUT2D eigenvalue weighted by Gasteiger charge is 2.39. The molecule has 146 valence electrons. The van der Waals surface area contributed by atoms with E-state index in [1.165, 1.54) is 4.90 Å². The number of carbonyl (C=O) groups is 2. The number of para-hydroxylation sites is 1. The van der Waals surface area contributed by atoms with E-state index < -0.39 is 0 Å². The smallest absolute Gasteiger partial charge is 0.257 e. The van der Waals surface area contributed by atoms with Gasteiger partial charge in [-0.1, -0.05) is 18.2 Å². The van der Waals surface area contributed by atoms with Gasteiger partial charge in [0.1, 0.15) is 16.8 Å². The lowest BCUT2D eigenvalue weighted by atomic mass is 9.93. The van der Waals surface area contributed by atoms with Gasteiger partial charge in [0.15, 0.2) is 0 Å². The Bertz CT molecular complexity index is 1180. The molecule has 7 heteroatoms. The largest absolute Gasteiger partial charge is 0.507 e. The Morgan fingerprint density at radius 1 is 1.03 bits per heavy atom. The third kappa shape index (κ3) is 2.73. The number of nitrogens with one attached hydrogen (secondary N) is 1. The summed E-state index contributed by atoms with van der Waals surface area (Å²) in [6.07, 6.45) is 3.20. The quantitative estimate of drug-likeness (QED) is 0.670. The van der Waals surface area contributed by atoms with Crippen molar-refractivity contribution in [3.8, 4) is 16.9 Å². The number of fused-ring (bicyclic) bond motifs is 1. The Labute approximate surface area is 167 Å². The van der Waals surface area contributed by atoms with Crippen molar-refractivity contribution in [2.75, 3.05) is 0 Å². The fraction of sp³-hybridized carbons (Fsp3) is 0.273. The van der Waals surface area contributed by atoms with E-state index in [2.05, 4.69) is 15.4 Å². The molecule has 1 aliphatic heterocycles. The Morgan fingerprint density at radius 2 is 1.76 bits per heavy atom. The topological polar surface area (TPSA) is 99.2 Å².